The van der Waals surface area contributed by atoms with Crippen molar-refractivity contribution in [2.24, 2.45) is 0 Å². The van der Waals surface area contributed by atoms with Gasteiger partial charge in [0.25, 0.3) is 0 Å². The van der Waals surface area contributed by atoms with Crippen molar-refractivity contribution in [2.45, 2.75) is 207 Å². The largest absolute Gasteiger partial charge is 0.462 e. The molecule has 0 aliphatic heterocycles. The lowest BCUT2D eigenvalue weighted by atomic mass is 10.1. The number of esters is 3. The molecule has 0 fully saturated rings. The van der Waals surface area contributed by atoms with Crippen LogP contribution in [0, 0.1) is 0 Å². The first-order valence-electron chi connectivity index (χ1n) is 24.4. The molecule has 0 spiro atoms. The summed E-state index contributed by atoms with van der Waals surface area (Å²) < 4.78 is 16.6. The van der Waals surface area contributed by atoms with Crippen molar-refractivity contribution >= 4 is 17.9 Å². The summed E-state index contributed by atoms with van der Waals surface area (Å²) in [6.07, 6.45) is 65.4. The van der Waals surface area contributed by atoms with Gasteiger partial charge in [0.15, 0.2) is 6.10 Å². The molecule has 0 N–H and O–H groups in total. The first-order chi connectivity index (χ1) is 30.0. The van der Waals surface area contributed by atoms with Crippen LogP contribution in [0.1, 0.15) is 201 Å². The summed E-state index contributed by atoms with van der Waals surface area (Å²) in [5, 5.41) is 0. The Kier molecular flexibility index (Phi) is 45.6. The van der Waals surface area contributed by atoms with Crippen molar-refractivity contribution in [3.05, 3.63) is 109 Å². The van der Waals surface area contributed by atoms with E-state index in [1.807, 2.05) is 0 Å². The van der Waals surface area contributed by atoms with Crippen molar-refractivity contribution in [3.8, 4) is 0 Å². The van der Waals surface area contributed by atoms with E-state index in [4.69, 9.17) is 14.2 Å². The topological polar surface area (TPSA) is 78.9 Å². The van der Waals surface area contributed by atoms with Crippen LogP contribution in [-0.2, 0) is 28.6 Å². The zero-order valence-electron chi connectivity index (χ0n) is 39.1. The Morgan fingerprint density at radius 2 is 0.639 bits per heavy atom. The van der Waals surface area contributed by atoms with E-state index in [0.717, 1.165) is 128 Å². The van der Waals surface area contributed by atoms with E-state index < -0.39 is 6.10 Å². The van der Waals surface area contributed by atoms with Gasteiger partial charge in [-0.3, -0.25) is 14.4 Å². The lowest BCUT2D eigenvalue weighted by molar-refractivity contribution is -0.167. The van der Waals surface area contributed by atoms with Crippen molar-refractivity contribution in [3.63, 3.8) is 0 Å². The summed E-state index contributed by atoms with van der Waals surface area (Å²) in [5.74, 6) is -0.978. The van der Waals surface area contributed by atoms with Gasteiger partial charge in [0.05, 0.1) is 0 Å². The van der Waals surface area contributed by atoms with Crippen LogP contribution in [0.5, 0.6) is 0 Å². The molecule has 0 rings (SSSR count). The third kappa shape index (κ3) is 47.0. The van der Waals surface area contributed by atoms with E-state index in [1.165, 1.54) is 25.7 Å². The Bertz CT molecular complexity index is 1290. The second-order valence-corrected chi connectivity index (χ2v) is 15.6. The number of ether oxygens (including phenoxy) is 3. The van der Waals surface area contributed by atoms with Gasteiger partial charge in [-0.1, -0.05) is 188 Å². The molecule has 0 saturated carbocycles. The highest BCUT2D eigenvalue weighted by molar-refractivity contribution is 5.71. The molecule has 0 aromatic heterocycles. The van der Waals surface area contributed by atoms with E-state index in [-0.39, 0.29) is 37.5 Å². The minimum atomic E-state index is -0.801. The second-order valence-electron chi connectivity index (χ2n) is 15.6. The van der Waals surface area contributed by atoms with Crippen LogP contribution in [0.25, 0.3) is 0 Å². The van der Waals surface area contributed by atoms with Crippen LogP contribution in [-0.4, -0.2) is 37.2 Å². The Balaban J connectivity index is 4.26. The predicted molar refractivity (Wildman–Crippen MR) is 260 cm³/mol. The fourth-order valence-corrected chi connectivity index (χ4v) is 6.16. The fourth-order valence-electron chi connectivity index (χ4n) is 6.16. The van der Waals surface area contributed by atoms with Crippen LogP contribution < -0.4 is 0 Å². The highest BCUT2D eigenvalue weighted by Gasteiger charge is 2.19. The number of hydrogen-bond donors (Lipinski definition) is 0. The van der Waals surface area contributed by atoms with E-state index in [0.29, 0.717) is 19.3 Å². The molecule has 6 heteroatoms. The molecule has 0 aliphatic carbocycles. The van der Waals surface area contributed by atoms with Crippen LogP contribution in [0.15, 0.2) is 109 Å². The highest BCUT2D eigenvalue weighted by Crippen LogP contribution is 2.12. The normalized spacial score (nSPS) is 13.0. The molecular formula is C55H88O6. The van der Waals surface area contributed by atoms with E-state index in [9.17, 15) is 14.4 Å². The van der Waals surface area contributed by atoms with Crippen molar-refractivity contribution in [2.75, 3.05) is 13.2 Å². The Morgan fingerprint density at radius 1 is 0.344 bits per heavy atom. The molecule has 1 atom stereocenters. The maximum atomic E-state index is 12.7. The van der Waals surface area contributed by atoms with Gasteiger partial charge in [-0.05, 0) is 103 Å². The third-order valence-corrected chi connectivity index (χ3v) is 9.77. The van der Waals surface area contributed by atoms with E-state index in [2.05, 4.69) is 130 Å². The first-order valence-corrected chi connectivity index (χ1v) is 24.4. The summed E-state index contributed by atoms with van der Waals surface area (Å²) in [7, 11) is 0. The zero-order valence-corrected chi connectivity index (χ0v) is 39.1. The maximum absolute atomic E-state index is 12.7. The lowest BCUT2D eigenvalue weighted by Gasteiger charge is -2.18. The standard InChI is InChI=1S/C55H88O6/c1-4-7-10-13-15-17-19-21-23-24-25-26-27-28-29-30-32-33-35-37-39-42-45-48-54(57)60-51-52(50-59-53(56)47-44-41-12-9-6-3)61-55(58)49-46-43-40-38-36-34-31-22-20-18-16-14-11-8-5-2/h7-8,10-11,15-18,21-23,25-26,28-29,31,36,38,52H,4-6,9,12-14,19-20,24,27,30,32-35,37,39-51H2,1-3H3/b10-7-,11-8-,17-15-,18-16-,23-21-,26-25-,29-28-,31-22-,38-36-. The Hall–Kier alpha value is -3.93. The summed E-state index contributed by atoms with van der Waals surface area (Å²) in [6, 6.07) is 0. The van der Waals surface area contributed by atoms with Gasteiger partial charge in [-0.15, -0.1) is 0 Å². The van der Waals surface area contributed by atoms with Gasteiger partial charge in [0, 0.05) is 19.3 Å². The molecule has 0 amide bonds. The monoisotopic (exact) mass is 845 g/mol. The van der Waals surface area contributed by atoms with Gasteiger partial charge in [0.1, 0.15) is 13.2 Å². The minimum absolute atomic E-state index is 0.101. The van der Waals surface area contributed by atoms with Gasteiger partial charge in [0.2, 0.25) is 0 Å². The van der Waals surface area contributed by atoms with Crippen LogP contribution >= 0.6 is 0 Å². The van der Waals surface area contributed by atoms with Crippen LogP contribution in [0.3, 0.4) is 0 Å². The van der Waals surface area contributed by atoms with Gasteiger partial charge >= 0.3 is 17.9 Å². The SMILES string of the molecule is CC/C=C\C/C=C\C/C=C\C/C=C\C/C=C\CCCCCCCCCC(=O)OCC(COC(=O)CCCCCCC)OC(=O)CCCC/C=C\C/C=C\C/C=C\C/C=C\CC. The van der Waals surface area contributed by atoms with Crippen molar-refractivity contribution in [1.82, 2.24) is 0 Å². The van der Waals surface area contributed by atoms with Crippen molar-refractivity contribution < 1.29 is 28.6 Å². The van der Waals surface area contributed by atoms with Gasteiger partial charge < -0.3 is 14.2 Å². The van der Waals surface area contributed by atoms with Gasteiger partial charge in [-0.25, -0.2) is 0 Å². The number of unbranched alkanes of at least 4 members (excludes halogenated alkanes) is 13. The third-order valence-electron chi connectivity index (χ3n) is 9.77. The van der Waals surface area contributed by atoms with Crippen molar-refractivity contribution in [1.29, 1.82) is 0 Å². The average molecular weight is 845 g/mol. The van der Waals surface area contributed by atoms with E-state index in [1.54, 1.807) is 0 Å². The predicted octanol–water partition coefficient (Wildman–Crippen LogP) is 16.0. The van der Waals surface area contributed by atoms with Gasteiger partial charge in [-0.2, -0.15) is 0 Å². The molecule has 0 aromatic rings. The number of carbonyl (C=O) groups is 3. The molecule has 61 heavy (non-hydrogen) atoms. The smallest absolute Gasteiger partial charge is 0.306 e. The molecular weight excluding hydrogens is 757 g/mol. The maximum Gasteiger partial charge on any atom is 0.306 e. The summed E-state index contributed by atoms with van der Waals surface area (Å²) in [6.45, 7) is 6.25. The fraction of sp³-hybridized carbons (Fsp3) is 0.618. The molecule has 0 bridgehead atoms. The molecule has 1 unspecified atom stereocenters. The molecule has 0 aromatic carbocycles. The Morgan fingerprint density at radius 3 is 1.03 bits per heavy atom. The molecule has 6 nitrogen and oxygen atoms in total. The number of allylic oxidation sites excluding steroid dienone is 18. The first kappa shape index (κ1) is 57.1. The average Bonchev–Trinajstić information content (AvgIpc) is 3.26. The highest BCUT2D eigenvalue weighted by atomic mass is 16.6. The molecule has 0 aliphatic rings. The zero-order chi connectivity index (χ0) is 44.4. The summed E-state index contributed by atoms with van der Waals surface area (Å²) >= 11 is 0. The van der Waals surface area contributed by atoms with Crippen LogP contribution in [0.4, 0.5) is 0 Å². The Labute approximate surface area is 374 Å². The quantitative estimate of drug-likeness (QED) is 0.0264. The second kappa shape index (κ2) is 48.7. The molecule has 0 saturated heterocycles. The number of hydrogen-bond acceptors (Lipinski definition) is 6. The van der Waals surface area contributed by atoms with Crippen LogP contribution in [0.2, 0.25) is 0 Å². The lowest BCUT2D eigenvalue weighted by Crippen LogP contribution is -2.30. The number of rotatable bonds is 42. The van der Waals surface area contributed by atoms with E-state index >= 15 is 0 Å². The summed E-state index contributed by atoms with van der Waals surface area (Å²) in [5.41, 5.74) is 0. The molecule has 0 heterocycles. The minimum Gasteiger partial charge on any atom is -0.462 e. The molecule has 344 valence electrons. The number of carbonyl (C=O) groups excluding carboxylic acids is 3. The molecule has 0 radical (unpaired) electrons. The summed E-state index contributed by atoms with van der Waals surface area (Å²) in [4.78, 5) is 37.6.